The molecule has 1 heterocycles. The van der Waals surface area contributed by atoms with E-state index < -0.39 is 23.3 Å². The number of piperidine rings is 1. The summed E-state index contributed by atoms with van der Waals surface area (Å²) in [6.45, 7) is 6.52. The van der Waals surface area contributed by atoms with Crippen LogP contribution in [0.4, 0.5) is 4.39 Å². The van der Waals surface area contributed by atoms with Crippen molar-refractivity contribution in [1.82, 2.24) is 4.90 Å². The molecule has 5 nitrogen and oxygen atoms in total. The number of rotatable bonds is 6. The quantitative estimate of drug-likeness (QED) is 0.783. The summed E-state index contributed by atoms with van der Waals surface area (Å²) in [6, 6.07) is 4.98. The molecular weight excluding hydrogens is 311 g/mol. The summed E-state index contributed by atoms with van der Waals surface area (Å²) < 4.78 is 13.1. The molecule has 0 aliphatic carbocycles. The standard InChI is InChI=1S/C18H23FN2O3/c1-12(2)11-18(17(23)24)7-9-21(10-8-18)15(16(20)22)13-3-5-14(19)6-4-13/h3-6,15H,1,7-11H2,2H3,(H2,20,22)(H,23,24). The van der Waals surface area contributed by atoms with E-state index in [4.69, 9.17) is 5.73 Å². The van der Waals surface area contributed by atoms with E-state index in [0.29, 0.717) is 37.9 Å². The minimum Gasteiger partial charge on any atom is -0.481 e. The molecule has 1 atom stereocenters. The Morgan fingerprint density at radius 2 is 1.88 bits per heavy atom. The Bertz CT molecular complexity index is 634. The molecule has 130 valence electrons. The van der Waals surface area contributed by atoms with Crippen LogP contribution >= 0.6 is 0 Å². The number of carboxylic acids is 1. The van der Waals surface area contributed by atoms with Gasteiger partial charge in [0.1, 0.15) is 11.9 Å². The van der Waals surface area contributed by atoms with Gasteiger partial charge in [-0.2, -0.15) is 0 Å². The van der Waals surface area contributed by atoms with E-state index in [0.717, 1.165) is 5.57 Å². The summed E-state index contributed by atoms with van der Waals surface area (Å²) in [5, 5.41) is 9.63. The van der Waals surface area contributed by atoms with Crippen LogP contribution < -0.4 is 5.73 Å². The van der Waals surface area contributed by atoms with Gasteiger partial charge >= 0.3 is 5.97 Å². The molecule has 1 aliphatic heterocycles. The molecule has 1 aromatic rings. The zero-order valence-electron chi connectivity index (χ0n) is 13.8. The van der Waals surface area contributed by atoms with Crippen LogP contribution in [0.1, 0.15) is 37.8 Å². The van der Waals surface area contributed by atoms with Crippen molar-refractivity contribution in [2.45, 2.75) is 32.2 Å². The number of amides is 1. The molecule has 1 aliphatic rings. The van der Waals surface area contributed by atoms with Crippen molar-refractivity contribution in [3.63, 3.8) is 0 Å². The maximum absolute atomic E-state index is 13.1. The summed E-state index contributed by atoms with van der Waals surface area (Å²) in [5.41, 5.74) is 6.15. The minimum atomic E-state index is -0.840. The number of likely N-dealkylation sites (tertiary alicyclic amines) is 1. The second-order valence-corrected chi connectivity index (χ2v) is 6.61. The number of carbonyl (C=O) groups is 2. The number of benzene rings is 1. The first-order valence-corrected chi connectivity index (χ1v) is 7.92. The number of aliphatic carboxylic acids is 1. The summed E-state index contributed by atoms with van der Waals surface area (Å²) in [7, 11) is 0. The predicted molar refractivity (Wildman–Crippen MR) is 88.6 cm³/mol. The predicted octanol–water partition coefficient (Wildman–Crippen LogP) is 2.49. The highest BCUT2D eigenvalue weighted by Gasteiger charge is 2.43. The number of carbonyl (C=O) groups excluding carboxylic acids is 1. The Morgan fingerprint density at radius 1 is 1.33 bits per heavy atom. The van der Waals surface area contributed by atoms with Crippen molar-refractivity contribution in [3.8, 4) is 0 Å². The molecule has 1 saturated heterocycles. The third-order valence-electron chi connectivity index (χ3n) is 4.67. The van der Waals surface area contributed by atoms with Crippen molar-refractivity contribution in [2.75, 3.05) is 13.1 Å². The first kappa shape index (κ1) is 18.1. The van der Waals surface area contributed by atoms with E-state index >= 15 is 0 Å². The molecular formula is C18H23FN2O3. The van der Waals surface area contributed by atoms with E-state index in [-0.39, 0.29) is 5.82 Å². The zero-order valence-corrected chi connectivity index (χ0v) is 13.8. The molecule has 0 bridgehead atoms. The normalized spacial score (nSPS) is 18.8. The third kappa shape index (κ3) is 3.82. The highest BCUT2D eigenvalue weighted by molar-refractivity contribution is 5.81. The fourth-order valence-electron chi connectivity index (χ4n) is 3.45. The molecule has 3 N–H and O–H groups in total. The van der Waals surface area contributed by atoms with E-state index in [2.05, 4.69) is 6.58 Å². The number of carboxylic acid groups (broad SMARTS) is 1. The van der Waals surface area contributed by atoms with Crippen LogP contribution in [0.5, 0.6) is 0 Å². The van der Waals surface area contributed by atoms with Gasteiger partial charge in [-0.05, 0) is 43.9 Å². The van der Waals surface area contributed by atoms with Gasteiger partial charge in [0, 0.05) is 13.1 Å². The lowest BCUT2D eigenvalue weighted by molar-refractivity contribution is -0.152. The first-order chi connectivity index (χ1) is 11.2. The van der Waals surface area contributed by atoms with Gasteiger partial charge in [-0.3, -0.25) is 14.5 Å². The van der Waals surface area contributed by atoms with Gasteiger partial charge in [0.25, 0.3) is 0 Å². The number of hydrogen-bond acceptors (Lipinski definition) is 3. The second kappa shape index (κ2) is 7.13. The largest absolute Gasteiger partial charge is 0.481 e. The number of allylic oxidation sites excluding steroid dienone is 1. The number of halogens is 1. The Hall–Kier alpha value is -2.21. The maximum Gasteiger partial charge on any atom is 0.310 e. The monoisotopic (exact) mass is 334 g/mol. The van der Waals surface area contributed by atoms with Crippen LogP contribution in [-0.2, 0) is 9.59 Å². The van der Waals surface area contributed by atoms with Crippen LogP contribution in [0.15, 0.2) is 36.4 Å². The van der Waals surface area contributed by atoms with Crippen LogP contribution in [0.2, 0.25) is 0 Å². The van der Waals surface area contributed by atoms with Gasteiger partial charge in [0.2, 0.25) is 5.91 Å². The van der Waals surface area contributed by atoms with Crippen molar-refractivity contribution < 1.29 is 19.1 Å². The molecule has 2 rings (SSSR count). The average Bonchev–Trinajstić information content (AvgIpc) is 2.50. The van der Waals surface area contributed by atoms with E-state index in [9.17, 15) is 19.1 Å². The SMILES string of the molecule is C=C(C)CC1(C(=O)O)CCN(C(C(N)=O)c2ccc(F)cc2)CC1. The third-order valence-corrected chi connectivity index (χ3v) is 4.67. The summed E-state index contributed by atoms with van der Waals surface area (Å²) in [4.78, 5) is 25.5. The molecule has 1 unspecified atom stereocenters. The summed E-state index contributed by atoms with van der Waals surface area (Å²) in [5.74, 6) is -1.74. The lowest BCUT2D eigenvalue weighted by Gasteiger charge is -2.41. The molecule has 0 aromatic heterocycles. The molecule has 0 saturated carbocycles. The Kier molecular flexibility index (Phi) is 5.39. The highest BCUT2D eigenvalue weighted by Crippen LogP contribution is 2.39. The number of nitrogens with zero attached hydrogens (tertiary/aromatic N) is 1. The van der Waals surface area contributed by atoms with Gasteiger partial charge < -0.3 is 10.8 Å². The number of hydrogen-bond donors (Lipinski definition) is 2. The lowest BCUT2D eigenvalue weighted by Crippen LogP contribution is -2.48. The van der Waals surface area contributed by atoms with Crippen molar-refractivity contribution in [1.29, 1.82) is 0 Å². The fraction of sp³-hybridized carbons (Fsp3) is 0.444. The summed E-state index contributed by atoms with van der Waals surface area (Å²) in [6.07, 6.45) is 1.26. The van der Waals surface area contributed by atoms with E-state index in [1.165, 1.54) is 24.3 Å². The first-order valence-electron chi connectivity index (χ1n) is 7.92. The number of primary amides is 1. The van der Waals surface area contributed by atoms with Gasteiger partial charge in [-0.15, -0.1) is 6.58 Å². The van der Waals surface area contributed by atoms with Gasteiger partial charge in [0.05, 0.1) is 5.41 Å². The molecule has 1 fully saturated rings. The molecule has 6 heteroatoms. The fourth-order valence-corrected chi connectivity index (χ4v) is 3.45. The minimum absolute atomic E-state index is 0.382. The highest BCUT2D eigenvalue weighted by atomic mass is 19.1. The second-order valence-electron chi connectivity index (χ2n) is 6.61. The Labute approximate surface area is 140 Å². The summed E-state index contributed by atoms with van der Waals surface area (Å²) >= 11 is 0. The van der Waals surface area contributed by atoms with Gasteiger partial charge in [-0.1, -0.05) is 17.7 Å². The van der Waals surface area contributed by atoms with Crippen LogP contribution in [-0.4, -0.2) is 35.0 Å². The van der Waals surface area contributed by atoms with Gasteiger partial charge in [0.15, 0.2) is 0 Å². The van der Waals surface area contributed by atoms with Crippen LogP contribution in [0, 0.1) is 11.2 Å². The number of nitrogens with two attached hydrogens (primary N) is 1. The van der Waals surface area contributed by atoms with Crippen molar-refractivity contribution in [2.24, 2.45) is 11.1 Å². The lowest BCUT2D eigenvalue weighted by atomic mass is 9.73. The Morgan fingerprint density at radius 3 is 2.29 bits per heavy atom. The molecule has 1 amide bonds. The van der Waals surface area contributed by atoms with E-state index in [1.54, 1.807) is 0 Å². The van der Waals surface area contributed by atoms with Crippen LogP contribution in [0.3, 0.4) is 0 Å². The molecule has 0 spiro atoms. The smallest absolute Gasteiger partial charge is 0.310 e. The van der Waals surface area contributed by atoms with Crippen molar-refractivity contribution in [3.05, 3.63) is 47.8 Å². The van der Waals surface area contributed by atoms with Crippen molar-refractivity contribution >= 4 is 11.9 Å². The van der Waals surface area contributed by atoms with Gasteiger partial charge in [-0.25, -0.2) is 4.39 Å². The maximum atomic E-state index is 13.1. The Balaban J connectivity index is 2.18. The topological polar surface area (TPSA) is 83.6 Å². The molecule has 24 heavy (non-hydrogen) atoms. The molecule has 0 radical (unpaired) electrons. The van der Waals surface area contributed by atoms with E-state index in [1.807, 2.05) is 11.8 Å². The average molecular weight is 334 g/mol. The molecule has 1 aromatic carbocycles. The van der Waals surface area contributed by atoms with Crippen LogP contribution in [0.25, 0.3) is 0 Å². The zero-order chi connectivity index (χ0) is 17.9.